The number of para-hydroxylation sites is 2. The van der Waals surface area contributed by atoms with Crippen molar-refractivity contribution in [3.8, 4) is 22.8 Å². The van der Waals surface area contributed by atoms with Crippen LogP contribution in [0.25, 0.3) is 11.3 Å². The number of nitrogens with zero attached hydrogens (tertiary/aromatic N) is 2. The van der Waals surface area contributed by atoms with Crippen LogP contribution < -0.4 is 10.1 Å². The maximum absolute atomic E-state index is 10.6. The molecule has 0 aliphatic carbocycles. The third-order valence-electron chi connectivity index (χ3n) is 4.22. The van der Waals surface area contributed by atoms with Gasteiger partial charge in [0, 0.05) is 16.8 Å². The first-order chi connectivity index (χ1) is 11.7. The molecule has 0 fully saturated rings. The van der Waals surface area contributed by atoms with Crippen molar-refractivity contribution in [3.05, 3.63) is 59.8 Å². The maximum Gasteiger partial charge on any atom is 0.165 e. The van der Waals surface area contributed by atoms with Crippen molar-refractivity contribution in [2.45, 2.75) is 20.0 Å². The van der Waals surface area contributed by atoms with E-state index in [2.05, 4.69) is 22.5 Å². The minimum Gasteiger partial charge on any atom is -0.504 e. The number of hydrogen-bond acceptors (Lipinski definition) is 4. The maximum atomic E-state index is 10.6. The first kappa shape index (κ1) is 14.6. The molecule has 0 amide bonds. The van der Waals surface area contributed by atoms with Crippen LogP contribution in [-0.4, -0.2) is 21.5 Å². The van der Waals surface area contributed by atoms with Gasteiger partial charge in [-0.05, 0) is 32.0 Å². The number of rotatable bonds is 3. The number of anilines is 1. The second-order valence-electron chi connectivity index (χ2n) is 5.83. The quantitative estimate of drug-likeness (QED) is 0.767. The topological polar surface area (TPSA) is 59.3 Å². The third kappa shape index (κ3) is 2.21. The summed E-state index contributed by atoms with van der Waals surface area (Å²) in [6, 6.07) is 15.7. The minimum atomic E-state index is -0.288. The van der Waals surface area contributed by atoms with Gasteiger partial charge in [0.25, 0.3) is 0 Å². The molecule has 4 rings (SSSR count). The molecule has 1 unspecified atom stereocenters. The Hall–Kier alpha value is -2.95. The van der Waals surface area contributed by atoms with E-state index in [1.165, 1.54) is 0 Å². The molecule has 2 heterocycles. The van der Waals surface area contributed by atoms with E-state index in [1.54, 1.807) is 6.07 Å². The van der Waals surface area contributed by atoms with E-state index in [-0.39, 0.29) is 11.9 Å². The SMILES string of the molecule is CCOc1cccc(C2Nc3ccccc3-c3cc(C)nn32)c1O. The molecule has 24 heavy (non-hydrogen) atoms. The highest BCUT2D eigenvalue weighted by atomic mass is 16.5. The van der Waals surface area contributed by atoms with Gasteiger partial charge >= 0.3 is 0 Å². The van der Waals surface area contributed by atoms with E-state index in [1.807, 2.05) is 48.9 Å². The molecule has 0 bridgehead atoms. The van der Waals surface area contributed by atoms with Gasteiger partial charge in [0.05, 0.1) is 18.0 Å². The molecule has 0 spiro atoms. The summed E-state index contributed by atoms with van der Waals surface area (Å²) in [5.74, 6) is 0.636. The van der Waals surface area contributed by atoms with Crippen LogP contribution in [0.5, 0.6) is 11.5 Å². The lowest BCUT2D eigenvalue weighted by molar-refractivity contribution is 0.315. The van der Waals surface area contributed by atoms with Crippen LogP contribution in [0, 0.1) is 6.92 Å². The van der Waals surface area contributed by atoms with Gasteiger partial charge < -0.3 is 15.2 Å². The monoisotopic (exact) mass is 321 g/mol. The summed E-state index contributed by atoms with van der Waals surface area (Å²) in [7, 11) is 0. The molecule has 3 aromatic rings. The molecular formula is C19H19N3O2. The lowest BCUT2D eigenvalue weighted by Crippen LogP contribution is -2.25. The van der Waals surface area contributed by atoms with Crippen molar-refractivity contribution in [1.29, 1.82) is 0 Å². The smallest absolute Gasteiger partial charge is 0.165 e. The van der Waals surface area contributed by atoms with Gasteiger partial charge in [-0.15, -0.1) is 0 Å². The molecule has 0 saturated heterocycles. The zero-order chi connectivity index (χ0) is 16.7. The Balaban J connectivity index is 1.88. The number of aryl methyl sites for hydroxylation is 1. The third-order valence-corrected chi connectivity index (χ3v) is 4.22. The van der Waals surface area contributed by atoms with Gasteiger partial charge in [0.15, 0.2) is 17.7 Å². The molecule has 122 valence electrons. The average Bonchev–Trinajstić information content (AvgIpc) is 2.98. The van der Waals surface area contributed by atoms with Gasteiger partial charge in [-0.25, -0.2) is 4.68 Å². The second-order valence-corrected chi connectivity index (χ2v) is 5.83. The fourth-order valence-corrected chi connectivity index (χ4v) is 3.20. The van der Waals surface area contributed by atoms with Gasteiger partial charge in [0.2, 0.25) is 0 Å². The number of nitrogens with one attached hydrogen (secondary N) is 1. The molecule has 1 aliphatic heterocycles. The zero-order valence-electron chi connectivity index (χ0n) is 13.7. The lowest BCUT2D eigenvalue weighted by Gasteiger charge is -2.29. The van der Waals surface area contributed by atoms with E-state index in [0.29, 0.717) is 12.4 Å². The largest absolute Gasteiger partial charge is 0.504 e. The van der Waals surface area contributed by atoms with Gasteiger partial charge in [0.1, 0.15) is 0 Å². The number of aromatic hydroxyl groups is 1. The van der Waals surface area contributed by atoms with E-state index in [9.17, 15) is 5.11 Å². The number of fused-ring (bicyclic) bond motifs is 3. The van der Waals surface area contributed by atoms with Crippen molar-refractivity contribution >= 4 is 5.69 Å². The van der Waals surface area contributed by atoms with Crippen LogP contribution >= 0.6 is 0 Å². The standard InChI is InChI=1S/C19H19N3O2/c1-3-24-17-10-6-8-14(18(17)23)19-20-15-9-5-4-7-13(15)16-11-12(2)21-22(16)19/h4-11,19-20,23H,3H2,1-2H3. The summed E-state index contributed by atoms with van der Waals surface area (Å²) in [4.78, 5) is 0. The Bertz CT molecular complexity index is 901. The normalized spacial score (nSPS) is 15.3. The highest BCUT2D eigenvalue weighted by Gasteiger charge is 2.28. The number of benzene rings is 2. The predicted octanol–water partition coefficient (Wildman–Crippen LogP) is 3.94. The Labute approximate surface area is 140 Å². The fraction of sp³-hybridized carbons (Fsp3) is 0.211. The Kier molecular flexibility index (Phi) is 3.41. The molecule has 0 saturated carbocycles. The Morgan fingerprint density at radius 1 is 1.21 bits per heavy atom. The highest BCUT2D eigenvalue weighted by Crippen LogP contribution is 2.42. The van der Waals surface area contributed by atoms with E-state index < -0.39 is 0 Å². The number of ether oxygens (including phenoxy) is 1. The average molecular weight is 321 g/mol. The van der Waals surface area contributed by atoms with Crippen molar-refractivity contribution in [2.75, 3.05) is 11.9 Å². The molecule has 1 atom stereocenters. The minimum absolute atomic E-state index is 0.148. The second kappa shape index (κ2) is 5.60. The molecule has 1 aromatic heterocycles. The summed E-state index contributed by atoms with van der Waals surface area (Å²) in [6.45, 7) is 4.38. The molecule has 5 nitrogen and oxygen atoms in total. The Morgan fingerprint density at radius 2 is 2.04 bits per heavy atom. The van der Waals surface area contributed by atoms with Gasteiger partial charge in [-0.2, -0.15) is 5.10 Å². The van der Waals surface area contributed by atoms with Gasteiger partial charge in [-0.3, -0.25) is 0 Å². The first-order valence-corrected chi connectivity index (χ1v) is 8.05. The fourth-order valence-electron chi connectivity index (χ4n) is 3.20. The first-order valence-electron chi connectivity index (χ1n) is 8.05. The van der Waals surface area contributed by atoms with Crippen molar-refractivity contribution < 1.29 is 9.84 Å². The van der Waals surface area contributed by atoms with Crippen LogP contribution in [0.4, 0.5) is 5.69 Å². The van der Waals surface area contributed by atoms with Crippen molar-refractivity contribution in [3.63, 3.8) is 0 Å². The van der Waals surface area contributed by atoms with Crippen LogP contribution in [0.1, 0.15) is 24.3 Å². The predicted molar refractivity (Wildman–Crippen MR) is 93.4 cm³/mol. The molecule has 2 aromatic carbocycles. The van der Waals surface area contributed by atoms with E-state index in [4.69, 9.17) is 4.74 Å². The number of phenolic OH excluding ortho intramolecular Hbond substituents is 1. The van der Waals surface area contributed by atoms with Crippen LogP contribution in [0.15, 0.2) is 48.5 Å². The van der Waals surface area contributed by atoms with Gasteiger partial charge in [-0.1, -0.05) is 30.3 Å². The molecular weight excluding hydrogens is 302 g/mol. The summed E-state index contributed by atoms with van der Waals surface area (Å²) in [5.41, 5.74) is 4.84. The van der Waals surface area contributed by atoms with Crippen LogP contribution in [0.2, 0.25) is 0 Å². The molecule has 0 radical (unpaired) electrons. The summed E-state index contributed by atoms with van der Waals surface area (Å²) >= 11 is 0. The summed E-state index contributed by atoms with van der Waals surface area (Å²) in [5, 5.41) is 18.8. The molecule has 5 heteroatoms. The molecule has 2 N–H and O–H groups in total. The summed E-state index contributed by atoms with van der Waals surface area (Å²) in [6.07, 6.45) is -0.288. The summed E-state index contributed by atoms with van der Waals surface area (Å²) < 4.78 is 7.44. The number of aromatic nitrogens is 2. The van der Waals surface area contributed by atoms with Crippen LogP contribution in [0.3, 0.4) is 0 Å². The van der Waals surface area contributed by atoms with Crippen molar-refractivity contribution in [2.24, 2.45) is 0 Å². The Morgan fingerprint density at radius 3 is 2.88 bits per heavy atom. The molecule has 1 aliphatic rings. The van der Waals surface area contributed by atoms with Crippen molar-refractivity contribution in [1.82, 2.24) is 9.78 Å². The van der Waals surface area contributed by atoms with E-state index in [0.717, 1.165) is 28.2 Å². The van der Waals surface area contributed by atoms with E-state index >= 15 is 0 Å². The number of phenols is 1. The highest BCUT2D eigenvalue weighted by molar-refractivity contribution is 5.79. The number of hydrogen-bond donors (Lipinski definition) is 2. The lowest BCUT2D eigenvalue weighted by atomic mass is 10.0. The zero-order valence-corrected chi connectivity index (χ0v) is 13.7. The van der Waals surface area contributed by atoms with Crippen LogP contribution in [-0.2, 0) is 0 Å².